The van der Waals surface area contributed by atoms with Gasteiger partial charge in [-0.15, -0.1) is 11.8 Å². The van der Waals surface area contributed by atoms with Gasteiger partial charge in [-0.05, 0) is 60.7 Å². The first-order valence-corrected chi connectivity index (χ1v) is 12.3. The summed E-state index contributed by atoms with van der Waals surface area (Å²) in [6.45, 7) is 4.37. The molecular formula is C27H26N2O3S. The summed E-state index contributed by atoms with van der Waals surface area (Å²) in [6.07, 6.45) is 3.98. The molecule has 5 rings (SSSR count). The van der Waals surface area contributed by atoms with E-state index in [1.165, 1.54) is 29.5 Å². The molecule has 2 aromatic carbocycles. The van der Waals surface area contributed by atoms with Gasteiger partial charge < -0.3 is 9.32 Å². The van der Waals surface area contributed by atoms with Crippen LogP contribution < -0.4 is 9.80 Å². The van der Waals surface area contributed by atoms with Crippen molar-refractivity contribution in [2.75, 3.05) is 22.9 Å². The zero-order chi connectivity index (χ0) is 22.8. The third-order valence-electron chi connectivity index (χ3n) is 6.30. The highest BCUT2D eigenvalue weighted by molar-refractivity contribution is 8.03. The molecule has 0 unspecified atom stereocenters. The van der Waals surface area contributed by atoms with Crippen LogP contribution in [0.25, 0.3) is 5.57 Å². The number of nitrogens with zero attached hydrogens (tertiary/aromatic N) is 2. The van der Waals surface area contributed by atoms with Crippen molar-refractivity contribution >= 4 is 40.5 Å². The highest BCUT2D eigenvalue weighted by Crippen LogP contribution is 2.40. The molecule has 0 atom stereocenters. The molecule has 1 aromatic heterocycles. The summed E-state index contributed by atoms with van der Waals surface area (Å²) < 4.78 is 5.43. The smallest absolute Gasteiger partial charge is 0.272 e. The lowest BCUT2D eigenvalue weighted by atomic mass is 9.99. The fraction of sp³-hybridized carbons (Fsp3) is 0.259. The molecule has 33 heavy (non-hydrogen) atoms. The van der Waals surface area contributed by atoms with E-state index in [0.29, 0.717) is 21.9 Å². The highest BCUT2D eigenvalue weighted by atomic mass is 32.2. The van der Waals surface area contributed by atoms with Gasteiger partial charge in [0, 0.05) is 18.8 Å². The SMILES string of the molecule is CC1CCN(c2ccc(N3C(=O)C(SCc4ccco4)=C(c4ccccc4)C3=O)cc2)CC1. The van der Waals surface area contributed by atoms with Gasteiger partial charge in [0.2, 0.25) is 0 Å². The number of anilines is 2. The van der Waals surface area contributed by atoms with Gasteiger partial charge in [0.25, 0.3) is 11.8 Å². The Balaban J connectivity index is 1.42. The molecule has 2 aliphatic rings. The first-order chi connectivity index (χ1) is 16.1. The molecular weight excluding hydrogens is 432 g/mol. The standard InChI is InChI=1S/C27H26N2O3S/c1-19-13-15-28(16-14-19)21-9-11-22(12-10-21)29-26(30)24(20-6-3-2-4-7-20)25(27(29)31)33-18-23-8-5-17-32-23/h2-12,17,19H,13-16,18H2,1H3. The number of carbonyl (C=O) groups is 2. The van der Waals surface area contributed by atoms with Gasteiger partial charge in [0.15, 0.2) is 0 Å². The van der Waals surface area contributed by atoms with Crippen LogP contribution in [0.5, 0.6) is 0 Å². The van der Waals surface area contributed by atoms with Crippen LogP contribution in [0.1, 0.15) is 31.1 Å². The van der Waals surface area contributed by atoms with E-state index in [-0.39, 0.29) is 11.8 Å². The number of carbonyl (C=O) groups excluding carboxylic acids is 2. The van der Waals surface area contributed by atoms with E-state index in [9.17, 15) is 9.59 Å². The van der Waals surface area contributed by atoms with Gasteiger partial charge in [-0.1, -0.05) is 37.3 Å². The van der Waals surface area contributed by atoms with E-state index in [4.69, 9.17) is 4.42 Å². The minimum atomic E-state index is -0.285. The maximum Gasteiger partial charge on any atom is 0.272 e. The van der Waals surface area contributed by atoms with Crippen molar-refractivity contribution in [1.82, 2.24) is 0 Å². The van der Waals surface area contributed by atoms with Crippen LogP contribution in [0.15, 0.2) is 82.3 Å². The van der Waals surface area contributed by atoms with Crippen molar-refractivity contribution in [2.45, 2.75) is 25.5 Å². The highest BCUT2D eigenvalue weighted by Gasteiger charge is 2.40. The van der Waals surface area contributed by atoms with Crippen LogP contribution in [0.4, 0.5) is 11.4 Å². The van der Waals surface area contributed by atoms with E-state index in [1.807, 2.05) is 66.7 Å². The molecule has 1 saturated heterocycles. The fourth-order valence-corrected chi connectivity index (χ4v) is 5.37. The summed E-state index contributed by atoms with van der Waals surface area (Å²) in [6, 6.07) is 20.9. The maximum absolute atomic E-state index is 13.5. The monoisotopic (exact) mass is 458 g/mol. The second kappa shape index (κ2) is 9.32. The van der Waals surface area contributed by atoms with E-state index in [2.05, 4.69) is 11.8 Å². The van der Waals surface area contributed by atoms with Crippen LogP contribution in [0.2, 0.25) is 0 Å². The van der Waals surface area contributed by atoms with Crippen LogP contribution in [-0.2, 0) is 15.3 Å². The summed E-state index contributed by atoms with van der Waals surface area (Å²) in [7, 11) is 0. The van der Waals surface area contributed by atoms with Crippen LogP contribution in [-0.4, -0.2) is 24.9 Å². The summed E-state index contributed by atoms with van der Waals surface area (Å²) in [5.41, 5.74) is 2.93. The summed E-state index contributed by atoms with van der Waals surface area (Å²) >= 11 is 1.35. The Morgan fingerprint density at radius 2 is 1.58 bits per heavy atom. The first-order valence-electron chi connectivity index (χ1n) is 11.3. The summed E-state index contributed by atoms with van der Waals surface area (Å²) in [5, 5.41) is 0. The molecule has 0 radical (unpaired) electrons. The quantitative estimate of drug-likeness (QED) is 0.441. The number of imide groups is 1. The molecule has 0 bridgehead atoms. The zero-order valence-electron chi connectivity index (χ0n) is 18.6. The Hall–Kier alpha value is -3.25. The summed E-state index contributed by atoms with van der Waals surface area (Å²) in [4.78, 5) is 31.1. The Bertz CT molecular complexity index is 1160. The lowest BCUT2D eigenvalue weighted by Crippen LogP contribution is -2.33. The molecule has 0 N–H and O–H groups in total. The first kappa shape index (κ1) is 21.6. The van der Waals surface area contributed by atoms with E-state index >= 15 is 0 Å². The largest absolute Gasteiger partial charge is 0.468 e. The van der Waals surface area contributed by atoms with Gasteiger partial charge in [-0.25, -0.2) is 4.90 Å². The topological polar surface area (TPSA) is 53.8 Å². The van der Waals surface area contributed by atoms with E-state index < -0.39 is 0 Å². The van der Waals surface area contributed by atoms with Gasteiger partial charge in [-0.2, -0.15) is 0 Å². The number of furan rings is 1. The summed E-state index contributed by atoms with van der Waals surface area (Å²) in [5.74, 6) is 1.44. The predicted octanol–water partition coefficient (Wildman–Crippen LogP) is 5.73. The lowest BCUT2D eigenvalue weighted by molar-refractivity contribution is -0.119. The minimum Gasteiger partial charge on any atom is -0.468 e. The molecule has 3 aromatic rings. The van der Waals surface area contributed by atoms with Gasteiger partial charge in [0.1, 0.15) is 5.76 Å². The third kappa shape index (κ3) is 4.35. The van der Waals surface area contributed by atoms with Crippen molar-refractivity contribution in [3.63, 3.8) is 0 Å². The van der Waals surface area contributed by atoms with Gasteiger partial charge >= 0.3 is 0 Å². The number of hydrogen-bond donors (Lipinski definition) is 0. The Morgan fingerprint density at radius 1 is 0.879 bits per heavy atom. The van der Waals surface area contributed by atoms with Gasteiger partial charge in [0.05, 0.1) is 28.2 Å². The molecule has 168 valence electrons. The number of piperidine rings is 1. The number of rotatable bonds is 6. The van der Waals surface area contributed by atoms with Crippen LogP contribution >= 0.6 is 11.8 Å². The molecule has 1 fully saturated rings. The Kier molecular flexibility index (Phi) is 6.09. The van der Waals surface area contributed by atoms with Crippen molar-refractivity contribution in [3.8, 4) is 0 Å². The van der Waals surface area contributed by atoms with E-state index in [1.54, 1.807) is 6.26 Å². The van der Waals surface area contributed by atoms with Crippen molar-refractivity contribution < 1.29 is 14.0 Å². The Labute approximate surface area is 198 Å². The maximum atomic E-state index is 13.5. The molecule has 2 amide bonds. The third-order valence-corrected chi connectivity index (χ3v) is 7.40. The van der Waals surface area contributed by atoms with E-state index in [0.717, 1.165) is 36.0 Å². The molecule has 2 aliphatic heterocycles. The molecule has 6 heteroatoms. The number of hydrogen-bond acceptors (Lipinski definition) is 5. The van der Waals surface area contributed by atoms with Crippen LogP contribution in [0, 0.1) is 5.92 Å². The number of thioether (sulfide) groups is 1. The number of benzene rings is 2. The van der Waals surface area contributed by atoms with Crippen molar-refractivity contribution in [2.24, 2.45) is 5.92 Å². The second-order valence-electron chi connectivity index (χ2n) is 8.57. The number of amides is 2. The minimum absolute atomic E-state index is 0.282. The molecule has 0 saturated carbocycles. The van der Waals surface area contributed by atoms with Crippen molar-refractivity contribution in [3.05, 3.63) is 89.2 Å². The molecule has 0 aliphatic carbocycles. The average Bonchev–Trinajstić information content (AvgIpc) is 3.45. The molecule has 5 nitrogen and oxygen atoms in total. The van der Waals surface area contributed by atoms with Crippen LogP contribution in [0.3, 0.4) is 0 Å². The second-order valence-corrected chi connectivity index (χ2v) is 9.56. The van der Waals surface area contributed by atoms with Gasteiger partial charge in [-0.3, -0.25) is 9.59 Å². The lowest BCUT2D eigenvalue weighted by Gasteiger charge is -2.32. The molecule has 3 heterocycles. The fourth-order valence-electron chi connectivity index (χ4n) is 4.35. The predicted molar refractivity (Wildman–Crippen MR) is 133 cm³/mol. The van der Waals surface area contributed by atoms with Crippen molar-refractivity contribution in [1.29, 1.82) is 0 Å². The Morgan fingerprint density at radius 3 is 2.24 bits per heavy atom. The normalized spacial score (nSPS) is 17.4. The average molecular weight is 459 g/mol. The zero-order valence-corrected chi connectivity index (χ0v) is 19.4. The molecule has 0 spiro atoms.